The molecule has 0 bridgehead atoms. The van der Waals surface area contributed by atoms with E-state index >= 15 is 0 Å². The van der Waals surface area contributed by atoms with Gasteiger partial charge in [0.25, 0.3) is 0 Å². The molecule has 0 radical (unpaired) electrons. The molecule has 2 N–H and O–H groups in total. The Hall–Kier alpha value is -1.09. The molecular weight excluding hydrogens is 186 g/mol. The van der Waals surface area contributed by atoms with Crippen LogP contribution in [-0.4, -0.2) is 18.1 Å². The number of nitrogens with two attached hydrogens (primary N) is 1. The first-order chi connectivity index (χ1) is 7.10. The fourth-order valence-corrected chi connectivity index (χ4v) is 1.52. The Labute approximate surface area is 92.3 Å². The van der Waals surface area contributed by atoms with Crippen molar-refractivity contribution in [3.8, 4) is 0 Å². The lowest BCUT2D eigenvalue weighted by molar-refractivity contribution is 0.653. The van der Waals surface area contributed by atoms with E-state index in [0.29, 0.717) is 12.6 Å². The van der Waals surface area contributed by atoms with Crippen LogP contribution in [0.25, 0.3) is 0 Å². The SMILES string of the molecule is CCC(C)N(C)c1nc(C)ccc1CN. The van der Waals surface area contributed by atoms with Gasteiger partial charge in [-0.2, -0.15) is 0 Å². The second-order valence-corrected chi connectivity index (χ2v) is 4.01. The van der Waals surface area contributed by atoms with Gasteiger partial charge in [-0.3, -0.25) is 0 Å². The molecule has 1 unspecified atom stereocenters. The van der Waals surface area contributed by atoms with Crippen LogP contribution in [0.5, 0.6) is 0 Å². The summed E-state index contributed by atoms with van der Waals surface area (Å²) in [5, 5.41) is 0. The number of hydrogen-bond donors (Lipinski definition) is 1. The Morgan fingerprint density at radius 3 is 2.67 bits per heavy atom. The minimum absolute atomic E-state index is 0.490. The lowest BCUT2D eigenvalue weighted by Crippen LogP contribution is -2.30. The maximum atomic E-state index is 5.71. The molecular formula is C12H21N3. The van der Waals surface area contributed by atoms with E-state index in [1.54, 1.807) is 0 Å². The summed E-state index contributed by atoms with van der Waals surface area (Å²) in [5.74, 6) is 1.02. The second kappa shape index (κ2) is 5.12. The highest BCUT2D eigenvalue weighted by atomic mass is 15.2. The van der Waals surface area contributed by atoms with Crippen molar-refractivity contribution in [1.82, 2.24) is 4.98 Å². The minimum Gasteiger partial charge on any atom is -0.357 e. The monoisotopic (exact) mass is 207 g/mol. The van der Waals surface area contributed by atoms with Gasteiger partial charge < -0.3 is 10.6 Å². The predicted octanol–water partition coefficient (Wildman–Crippen LogP) is 2.08. The third-order valence-electron chi connectivity index (χ3n) is 2.90. The van der Waals surface area contributed by atoms with E-state index in [1.165, 1.54) is 0 Å². The topological polar surface area (TPSA) is 42.2 Å². The molecule has 0 spiro atoms. The molecule has 84 valence electrons. The molecule has 0 saturated heterocycles. The summed E-state index contributed by atoms with van der Waals surface area (Å²) in [6, 6.07) is 4.57. The normalized spacial score (nSPS) is 12.6. The summed E-state index contributed by atoms with van der Waals surface area (Å²) < 4.78 is 0. The molecule has 1 rings (SSSR count). The number of nitrogens with zero attached hydrogens (tertiary/aromatic N) is 2. The molecule has 1 heterocycles. The number of aromatic nitrogens is 1. The van der Waals surface area contributed by atoms with Crippen molar-refractivity contribution in [3.63, 3.8) is 0 Å². The van der Waals surface area contributed by atoms with E-state index in [-0.39, 0.29) is 0 Å². The van der Waals surface area contributed by atoms with Crippen molar-refractivity contribution in [1.29, 1.82) is 0 Å². The van der Waals surface area contributed by atoms with Crippen molar-refractivity contribution in [2.24, 2.45) is 5.73 Å². The highest BCUT2D eigenvalue weighted by Gasteiger charge is 2.12. The van der Waals surface area contributed by atoms with E-state index in [4.69, 9.17) is 5.73 Å². The molecule has 0 amide bonds. The molecule has 0 fully saturated rings. The molecule has 1 atom stereocenters. The predicted molar refractivity (Wildman–Crippen MR) is 65.0 cm³/mol. The fraction of sp³-hybridized carbons (Fsp3) is 0.583. The molecule has 0 aliphatic heterocycles. The highest BCUT2D eigenvalue weighted by molar-refractivity contribution is 5.47. The Bertz CT molecular complexity index is 323. The lowest BCUT2D eigenvalue weighted by Gasteiger charge is -2.27. The summed E-state index contributed by atoms with van der Waals surface area (Å²) in [6.07, 6.45) is 1.11. The molecule has 15 heavy (non-hydrogen) atoms. The summed E-state index contributed by atoms with van der Waals surface area (Å²) in [6.45, 7) is 6.93. The van der Waals surface area contributed by atoms with Gasteiger partial charge in [-0.05, 0) is 26.3 Å². The zero-order chi connectivity index (χ0) is 11.4. The van der Waals surface area contributed by atoms with Gasteiger partial charge in [-0.15, -0.1) is 0 Å². The van der Waals surface area contributed by atoms with Crippen LogP contribution in [0.2, 0.25) is 0 Å². The van der Waals surface area contributed by atoms with Crippen LogP contribution in [0, 0.1) is 6.92 Å². The highest BCUT2D eigenvalue weighted by Crippen LogP contribution is 2.19. The van der Waals surface area contributed by atoms with Gasteiger partial charge >= 0.3 is 0 Å². The quantitative estimate of drug-likeness (QED) is 0.822. The van der Waals surface area contributed by atoms with Crippen molar-refractivity contribution in [2.75, 3.05) is 11.9 Å². The van der Waals surface area contributed by atoms with E-state index in [9.17, 15) is 0 Å². The Morgan fingerprint density at radius 1 is 1.47 bits per heavy atom. The third kappa shape index (κ3) is 2.69. The van der Waals surface area contributed by atoms with E-state index < -0.39 is 0 Å². The van der Waals surface area contributed by atoms with Crippen molar-refractivity contribution in [3.05, 3.63) is 23.4 Å². The second-order valence-electron chi connectivity index (χ2n) is 4.01. The average Bonchev–Trinajstić information content (AvgIpc) is 2.27. The van der Waals surface area contributed by atoms with E-state index in [1.807, 2.05) is 13.0 Å². The molecule has 3 heteroatoms. The number of pyridine rings is 1. The summed E-state index contributed by atoms with van der Waals surface area (Å²) in [7, 11) is 2.08. The molecule has 0 aliphatic rings. The Morgan fingerprint density at radius 2 is 2.13 bits per heavy atom. The van der Waals surface area contributed by atoms with Crippen LogP contribution < -0.4 is 10.6 Å². The Balaban J connectivity index is 3.05. The van der Waals surface area contributed by atoms with Crippen LogP contribution in [0.4, 0.5) is 5.82 Å². The van der Waals surface area contributed by atoms with Gasteiger partial charge in [0.1, 0.15) is 5.82 Å². The van der Waals surface area contributed by atoms with Gasteiger partial charge in [-0.1, -0.05) is 13.0 Å². The third-order valence-corrected chi connectivity index (χ3v) is 2.90. The van der Waals surface area contributed by atoms with Crippen molar-refractivity contribution >= 4 is 5.82 Å². The standard InChI is InChI=1S/C12H21N3/c1-5-10(3)15(4)12-11(8-13)7-6-9(2)14-12/h6-7,10H,5,8,13H2,1-4H3. The largest absolute Gasteiger partial charge is 0.357 e. The maximum Gasteiger partial charge on any atom is 0.133 e. The van der Waals surface area contributed by atoms with Crippen LogP contribution in [0.1, 0.15) is 31.5 Å². The van der Waals surface area contributed by atoms with Crippen LogP contribution in [0.3, 0.4) is 0 Å². The number of aryl methyl sites for hydroxylation is 1. The molecule has 0 aromatic carbocycles. The molecule has 3 nitrogen and oxygen atoms in total. The molecule has 0 aliphatic carbocycles. The first-order valence-electron chi connectivity index (χ1n) is 5.49. The van der Waals surface area contributed by atoms with Gasteiger partial charge in [-0.25, -0.2) is 4.98 Å². The molecule has 1 aromatic heterocycles. The van der Waals surface area contributed by atoms with Crippen LogP contribution >= 0.6 is 0 Å². The molecule has 1 aromatic rings. The fourth-order valence-electron chi connectivity index (χ4n) is 1.52. The summed E-state index contributed by atoms with van der Waals surface area (Å²) in [4.78, 5) is 6.76. The summed E-state index contributed by atoms with van der Waals surface area (Å²) in [5.41, 5.74) is 7.87. The number of rotatable bonds is 4. The first-order valence-corrected chi connectivity index (χ1v) is 5.49. The van der Waals surface area contributed by atoms with Gasteiger partial charge in [0.15, 0.2) is 0 Å². The number of hydrogen-bond acceptors (Lipinski definition) is 3. The molecule has 0 saturated carbocycles. The number of anilines is 1. The van der Waals surface area contributed by atoms with E-state index in [2.05, 4.69) is 36.8 Å². The minimum atomic E-state index is 0.490. The lowest BCUT2D eigenvalue weighted by atomic mass is 10.2. The summed E-state index contributed by atoms with van der Waals surface area (Å²) >= 11 is 0. The van der Waals surface area contributed by atoms with Crippen LogP contribution in [-0.2, 0) is 6.54 Å². The Kier molecular flexibility index (Phi) is 4.09. The van der Waals surface area contributed by atoms with Crippen molar-refractivity contribution in [2.45, 2.75) is 39.8 Å². The van der Waals surface area contributed by atoms with Gasteiger partial charge in [0, 0.05) is 30.9 Å². The average molecular weight is 207 g/mol. The smallest absolute Gasteiger partial charge is 0.133 e. The van der Waals surface area contributed by atoms with Gasteiger partial charge in [0.2, 0.25) is 0 Å². The first kappa shape index (κ1) is 12.0. The maximum absolute atomic E-state index is 5.71. The van der Waals surface area contributed by atoms with Crippen LogP contribution in [0.15, 0.2) is 12.1 Å². The van der Waals surface area contributed by atoms with E-state index in [0.717, 1.165) is 23.5 Å². The van der Waals surface area contributed by atoms with Gasteiger partial charge in [0.05, 0.1) is 0 Å². The zero-order valence-corrected chi connectivity index (χ0v) is 10.1. The van der Waals surface area contributed by atoms with Crippen molar-refractivity contribution < 1.29 is 0 Å². The zero-order valence-electron chi connectivity index (χ0n) is 10.1.